The fourth-order valence-corrected chi connectivity index (χ4v) is 1.29. The lowest BCUT2D eigenvalue weighted by molar-refractivity contribution is 0.179. The largest absolute Gasteiger partial charge is 0.399 e. The molecule has 1 aromatic carbocycles. The van der Waals surface area contributed by atoms with Crippen LogP contribution < -0.4 is 5.73 Å². The normalized spacial score (nSPS) is 9.40. The van der Waals surface area contributed by atoms with E-state index in [1.165, 1.54) is 0 Å². The zero-order chi connectivity index (χ0) is 9.26. The Morgan fingerprint density at radius 2 is 2.13 bits per heavy atom. The number of ether oxygens (including phenoxy) is 1. The number of H-pyrrole nitrogens is 1. The third-order valence-electron chi connectivity index (χ3n) is 1.84. The van der Waals surface area contributed by atoms with Crippen LogP contribution in [0.2, 0.25) is 0 Å². The minimum Gasteiger partial charge on any atom is -0.399 e. The van der Waals surface area contributed by atoms with Crippen molar-refractivity contribution in [1.29, 1.82) is 0 Å². The molecule has 4 nitrogen and oxygen atoms in total. The molecule has 2 aromatic rings. The third-order valence-corrected chi connectivity index (χ3v) is 1.84. The van der Waals surface area contributed by atoms with Crippen molar-refractivity contribution >= 4 is 41.5 Å². The number of benzene rings is 1. The maximum absolute atomic E-state index is 5.63. The number of methoxy groups -OCH3 is 1. The SMILES string of the molecule is COCc1nc2ccc(N)cc2[nH]1.Cl.Cl. The lowest BCUT2D eigenvalue weighted by atomic mass is 10.3. The predicted molar refractivity (Wildman–Crippen MR) is 65.7 cm³/mol. The van der Waals surface area contributed by atoms with Gasteiger partial charge in [-0.1, -0.05) is 0 Å². The van der Waals surface area contributed by atoms with Gasteiger partial charge in [0, 0.05) is 12.8 Å². The number of hydrogen-bond donors (Lipinski definition) is 2. The molecule has 0 spiro atoms. The Kier molecular flexibility index (Phi) is 5.43. The second-order valence-electron chi connectivity index (χ2n) is 2.89. The van der Waals surface area contributed by atoms with E-state index >= 15 is 0 Å². The van der Waals surface area contributed by atoms with Crippen LogP contribution in [0.4, 0.5) is 5.69 Å². The number of rotatable bonds is 2. The first-order chi connectivity index (χ1) is 6.29. The van der Waals surface area contributed by atoms with Crippen molar-refractivity contribution in [2.24, 2.45) is 0 Å². The summed E-state index contributed by atoms with van der Waals surface area (Å²) in [4.78, 5) is 7.43. The number of anilines is 1. The van der Waals surface area contributed by atoms with E-state index in [1.807, 2.05) is 18.2 Å². The quantitative estimate of drug-likeness (QED) is 0.802. The van der Waals surface area contributed by atoms with Crippen LogP contribution in [0.5, 0.6) is 0 Å². The predicted octanol–water partition coefficient (Wildman–Crippen LogP) is 2.14. The summed E-state index contributed by atoms with van der Waals surface area (Å²) in [7, 11) is 1.64. The number of nitrogens with one attached hydrogen (secondary N) is 1. The number of nitrogen functional groups attached to an aromatic ring is 1. The first-order valence-electron chi connectivity index (χ1n) is 4.02. The summed E-state index contributed by atoms with van der Waals surface area (Å²) < 4.78 is 4.96. The number of fused-ring (bicyclic) bond motifs is 1. The fourth-order valence-electron chi connectivity index (χ4n) is 1.29. The van der Waals surface area contributed by atoms with Gasteiger partial charge in [-0.15, -0.1) is 24.8 Å². The van der Waals surface area contributed by atoms with Gasteiger partial charge in [0.1, 0.15) is 12.4 Å². The molecule has 0 bridgehead atoms. The van der Waals surface area contributed by atoms with Gasteiger partial charge in [-0.3, -0.25) is 0 Å². The monoisotopic (exact) mass is 249 g/mol. The highest BCUT2D eigenvalue weighted by molar-refractivity contribution is 5.85. The van der Waals surface area contributed by atoms with E-state index in [-0.39, 0.29) is 24.8 Å². The van der Waals surface area contributed by atoms with E-state index in [4.69, 9.17) is 10.5 Å². The van der Waals surface area contributed by atoms with Crippen LogP contribution in [-0.2, 0) is 11.3 Å². The van der Waals surface area contributed by atoms with Crippen molar-refractivity contribution in [1.82, 2.24) is 9.97 Å². The molecule has 0 amide bonds. The van der Waals surface area contributed by atoms with Crippen molar-refractivity contribution in [3.05, 3.63) is 24.0 Å². The number of halogens is 2. The van der Waals surface area contributed by atoms with Crippen molar-refractivity contribution in [3.8, 4) is 0 Å². The van der Waals surface area contributed by atoms with Gasteiger partial charge in [-0.25, -0.2) is 4.98 Å². The average molecular weight is 250 g/mol. The van der Waals surface area contributed by atoms with E-state index in [0.29, 0.717) is 6.61 Å². The first kappa shape index (κ1) is 14.0. The van der Waals surface area contributed by atoms with Gasteiger partial charge in [-0.05, 0) is 18.2 Å². The summed E-state index contributed by atoms with van der Waals surface area (Å²) in [6.45, 7) is 0.495. The number of hydrogen-bond acceptors (Lipinski definition) is 3. The minimum atomic E-state index is 0. The van der Waals surface area contributed by atoms with Gasteiger partial charge in [-0.2, -0.15) is 0 Å². The molecule has 0 aliphatic rings. The Balaban J connectivity index is 0.000000980. The zero-order valence-corrected chi connectivity index (χ0v) is 9.82. The number of imidazole rings is 1. The van der Waals surface area contributed by atoms with Gasteiger partial charge < -0.3 is 15.5 Å². The summed E-state index contributed by atoms with van der Waals surface area (Å²) >= 11 is 0. The second kappa shape index (κ2) is 5.80. The Morgan fingerprint density at radius 3 is 2.80 bits per heavy atom. The molecule has 0 radical (unpaired) electrons. The number of nitrogens with two attached hydrogens (primary N) is 1. The Labute approximate surface area is 100 Å². The molecule has 15 heavy (non-hydrogen) atoms. The Morgan fingerprint density at radius 1 is 1.40 bits per heavy atom. The molecule has 0 fully saturated rings. The van der Waals surface area contributed by atoms with E-state index in [9.17, 15) is 0 Å². The Hall–Kier alpha value is -0.970. The molecule has 84 valence electrons. The molecule has 0 saturated carbocycles. The molecule has 1 aromatic heterocycles. The van der Waals surface area contributed by atoms with Crippen LogP contribution in [0.3, 0.4) is 0 Å². The number of nitrogens with zero attached hydrogens (tertiary/aromatic N) is 1. The third kappa shape index (κ3) is 2.99. The summed E-state index contributed by atoms with van der Waals surface area (Å²) in [5.41, 5.74) is 8.23. The van der Waals surface area contributed by atoms with E-state index in [1.54, 1.807) is 7.11 Å². The van der Waals surface area contributed by atoms with Gasteiger partial charge >= 0.3 is 0 Å². The highest BCUT2D eigenvalue weighted by Crippen LogP contribution is 2.14. The molecule has 2 rings (SSSR count). The summed E-state index contributed by atoms with van der Waals surface area (Å²) in [6.07, 6.45) is 0. The molecule has 3 N–H and O–H groups in total. The van der Waals surface area contributed by atoms with E-state index < -0.39 is 0 Å². The molecular formula is C9H13Cl2N3O. The number of aromatic amines is 1. The lowest BCUT2D eigenvalue weighted by Gasteiger charge is -1.90. The van der Waals surface area contributed by atoms with Gasteiger partial charge in [0.15, 0.2) is 0 Å². The fraction of sp³-hybridized carbons (Fsp3) is 0.222. The molecule has 6 heteroatoms. The van der Waals surface area contributed by atoms with Crippen LogP contribution in [0.15, 0.2) is 18.2 Å². The highest BCUT2D eigenvalue weighted by atomic mass is 35.5. The van der Waals surface area contributed by atoms with Crippen LogP contribution in [0, 0.1) is 0 Å². The standard InChI is InChI=1S/C9H11N3O.2ClH/c1-13-5-9-11-7-3-2-6(10)4-8(7)12-9;;/h2-4H,5,10H2,1H3,(H,11,12);2*1H. The van der Waals surface area contributed by atoms with Gasteiger partial charge in [0.25, 0.3) is 0 Å². The lowest BCUT2D eigenvalue weighted by Crippen LogP contribution is -1.88. The number of aromatic nitrogens is 2. The topological polar surface area (TPSA) is 63.9 Å². The smallest absolute Gasteiger partial charge is 0.133 e. The van der Waals surface area contributed by atoms with Crippen LogP contribution in [-0.4, -0.2) is 17.1 Å². The molecule has 1 heterocycles. The maximum atomic E-state index is 5.63. The summed E-state index contributed by atoms with van der Waals surface area (Å²) in [5.74, 6) is 0.822. The van der Waals surface area contributed by atoms with Crippen molar-refractivity contribution in [3.63, 3.8) is 0 Å². The molecule has 0 aliphatic heterocycles. The summed E-state index contributed by atoms with van der Waals surface area (Å²) in [5, 5.41) is 0. The summed E-state index contributed by atoms with van der Waals surface area (Å²) in [6, 6.07) is 5.58. The minimum absolute atomic E-state index is 0. The van der Waals surface area contributed by atoms with Gasteiger partial charge in [0.2, 0.25) is 0 Å². The molecular weight excluding hydrogens is 237 g/mol. The van der Waals surface area contributed by atoms with E-state index in [2.05, 4.69) is 9.97 Å². The van der Waals surface area contributed by atoms with Crippen LogP contribution in [0.25, 0.3) is 11.0 Å². The first-order valence-corrected chi connectivity index (χ1v) is 4.02. The van der Waals surface area contributed by atoms with E-state index in [0.717, 1.165) is 22.5 Å². The highest BCUT2D eigenvalue weighted by Gasteiger charge is 2.01. The Bertz CT molecular complexity index is 430. The van der Waals surface area contributed by atoms with Gasteiger partial charge in [0.05, 0.1) is 11.0 Å². The van der Waals surface area contributed by atoms with Crippen molar-refractivity contribution in [2.75, 3.05) is 12.8 Å². The molecule has 0 saturated heterocycles. The van der Waals surface area contributed by atoms with Crippen LogP contribution in [0.1, 0.15) is 5.82 Å². The second-order valence-corrected chi connectivity index (χ2v) is 2.89. The van der Waals surface area contributed by atoms with Crippen molar-refractivity contribution < 1.29 is 4.74 Å². The van der Waals surface area contributed by atoms with Crippen molar-refractivity contribution in [2.45, 2.75) is 6.61 Å². The molecule has 0 aliphatic carbocycles. The maximum Gasteiger partial charge on any atom is 0.133 e. The molecule has 0 unspecified atom stereocenters. The van der Waals surface area contributed by atoms with Crippen LogP contribution >= 0.6 is 24.8 Å². The average Bonchev–Trinajstić information content (AvgIpc) is 2.46. The molecule has 0 atom stereocenters. The zero-order valence-electron chi connectivity index (χ0n) is 8.19.